The van der Waals surface area contributed by atoms with Crippen LogP contribution in [0.5, 0.6) is 0 Å². The molecule has 2 rings (SSSR count). The van der Waals surface area contributed by atoms with Gasteiger partial charge in [0, 0.05) is 30.3 Å². The van der Waals surface area contributed by atoms with Crippen molar-refractivity contribution in [2.75, 3.05) is 20.3 Å². The average molecular weight is 638 g/mol. The Morgan fingerprint density at radius 2 is 1.37 bits per heavy atom. The lowest BCUT2D eigenvalue weighted by molar-refractivity contribution is 0.0173. The minimum Gasteiger partial charge on any atom is -0.461 e. The molecular formula is C30H43N3O8S2. The van der Waals surface area contributed by atoms with E-state index in [-0.39, 0.29) is 52.9 Å². The first-order chi connectivity index (χ1) is 20.0. The van der Waals surface area contributed by atoms with Gasteiger partial charge in [-0.05, 0) is 52.5 Å². The van der Waals surface area contributed by atoms with Crippen LogP contribution in [-0.2, 0) is 14.2 Å². The predicted octanol–water partition coefficient (Wildman–Crippen LogP) is 6.50. The highest BCUT2D eigenvalue weighted by Crippen LogP contribution is 2.21. The third-order valence-corrected chi connectivity index (χ3v) is 7.14. The van der Waals surface area contributed by atoms with Crippen LogP contribution in [0, 0.1) is 11.8 Å². The fraction of sp³-hybridized carbons (Fsp3) is 0.567. The molecule has 0 saturated carbocycles. The number of carbonyl (C=O) groups excluding carboxylic acids is 5. The number of ketones is 2. The Labute approximate surface area is 261 Å². The summed E-state index contributed by atoms with van der Waals surface area (Å²) in [7, 11) is 1.62. The Morgan fingerprint density at radius 1 is 0.884 bits per heavy atom. The molecule has 1 amide bonds. The van der Waals surface area contributed by atoms with Gasteiger partial charge in [-0.2, -0.15) is 0 Å². The Bertz CT molecular complexity index is 1270. The van der Waals surface area contributed by atoms with Crippen molar-refractivity contribution in [3.05, 3.63) is 44.3 Å². The second-order valence-corrected chi connectivity index (χ2v) is 12.7. The maximum Gasteiger partial charge on any atom is 0.410 e. The molecule has 0 N–H and O–H groups in total. The van der Waals surface area contributed by atoms with Crippen molar-refractivity contribution in [3.8, 4) is 0 Å². The standard InChI is InChI=1S/C18H28N2O5S.C12H15NO3S/c1-8-24-16(22)12-10-26-15(19-12)14(21)9-13(11(2)3)20(7)17(23)25-18(4,5)6;1-4-16-12(15)9-7-17-11(13-9)10(14)6-5-8(2)3/h10-11,13H,8-9H2,1-7H3;5-8H,4H2,1-3H3/b;6-5+. The number of aromatic nitrogens is 2. The molecule has 43 heavy (non-hydrogen) atoms. The molecule has 0 aliphatic carbocycles. The van der Waals surface area contributed by atoms with Gasteiger partial charge in [0.1, 0.15) is 5.60 Å². The molecule has 238 valence electrons. The first-order valence-corrected chi connectivity index (χ1v) is 15.7. The molecule has 0 fully saturated rings. The van der Waals surface area contributed by atoms with Crippen LogP contribution in [0.2, 0.25) is 0 Å². The Morgan fingerprint density at radius 3 is 1.81 bits per heavy atom. The van der Waals surface area contributed by atoms with Gasteiger partial charge in [-0.3, -0.25) is 9.59 Å². The summed E-state index contributed by atoms with van der Waals surface area (Å²) in [5, 5.41) is 3.59. The van der Waals surface area contributed by atoms with Crippen molar-refractivity contribution < 1.29 is 38.2 Å². The molecule has 0 aliphatic rings. The summed E-state index contributed by atoms with van der Waals surface area (Å²) in [6, 6.07) is -0.340. The molecular weight excluding hydrogens is 594 g/mol. The van der Waals surface area contributed by atoms with Crippen LogP contribution in [0.1, 0.15) is 109 Å². The molecule has 0 saturated heterocycles. The zero-order chi connectivity index (χ0) is 32.9. The number of rotatable bonds is 12. The monoisotopic (exact) mass is 637 g/mol. The second-order valence-electron chi connectivity index (χ2n) is 11.0. The summed E-state index contributed by atoms with van der Waals surface area (Å²) in [6.45, 7) is 17.2. The number of thiazole rings is 2. The van der Waals surface area contributed by atoms with E-state index in [4.69, 9.17) is 14.2 Å². The highest BCUT2D eigenvalue weighted by molar-refractivity contribution is 7.12. The molecule has 1 unspecified atom stereocenters. The van der Waals surface area contributed by atoms with Gasteiger partial charge in [-0.25, -0.2) is 24.4 Å². The van der Waals surface area contributed by atoms with E-state index in [0.717, 1.165) is 22.7 Å². The van der Waals surface area contributed by atoms with Crippen molar-refractivity contribution in [2.45, 2.75) is 80.4 Å². The van der Waals surface area contributed by atoms with Gasteiger partial charge in [-0.15, -0.1) is 22.7 Å². The van der Waals surface area contributed by atoms with E-state index in [2.05, 4.69) is 9.97 Å². The lowest BCUT2D eigenvalue weighted by atomic mass is 9.97. The SMILES string of the molecule is CCOC(=O)c1csc(C(=O)/C=C/C(C)C)n1.CCOC(=O)c1csc(C(=O)CC(C(C)C)N(C)C(=O)OC(C)(C)C)n1. The third-order valence-electron chi connectivity index (χ3n) is 5.40. The third kappa shape index (κ3) is 13.2. The van der Waals surface area contributed by atoms with Gasteiger partial charge in [0.25, 0.3) is 0 Å². The van der Waals surface area contributed by atoms with Crippen LogP contribution >= 0.6 is 22.7 Å². The van der Waals surface area contributed by atoms with Gasteiger partial charge in [0.2, 0.25) is 5.78 Å². The molecule has 2 aromatic heterocycles. The van der Waals surface area contributed by atoms with E-state index in [0.29, 0.717) is 17.5 Å². The minimum atomic E-state index is -0.610. The summed E-state index contributed by atoms with van der Waals surface area (Å²) in [5.74, 6) is -1.09. The van der Waals surface area contributed by atoms with Crippen LogP contribution in [0.25, 0.3) is 0 Å². The Hall–Kier alpha value is -3.45. The molecule has 0 radical (unpaired) electrons. The highest BCUT2D eigenvalue weighted by atomic mass is 32.1. The normalized spacial score (nSPS) is 12.0. The zero-order valence-electron chi connectivity index (χ0n) is 26.6. The summed E-state index contributed by atoms with van der Waals surface area (Å²) >= 11 is 2.25. The van der Waals surface area contributed by atoms with Gasteiger partial charge in [0.15, 0.2) is 27.2 Å². The average Bonchev–Trinajstić information content (AvgIpc) is 3.60. The van der Waals surface area contributed by atoms with E-state index in [1.165, 1.54) is 21.7 Å². The predicted molar refractivity (Wildman–Crippen MR) is 166 cm³/mol. The fourth-order valence-corrected chi connectivity index (χ4v) is 4.75. The van der Waals surface area contributed by atoms with Crippen molar-refractivity contribution in [3.63, 3.8) is 0 Å². The quantitative estimate of drug-likeness (QED) is 0.110. The highest BCUT2D eigenvalue weighted by Gasteiger charge is 2.30. The van der Waals surface area contributed by atoms with Gasteiger partial charge in [-0.1, -0.05) is 33.8 Å². The van der Waals surface area contributed by atoms with Gasteiger partial charge >= 0.3 is 18.0 Å². The molecule has 0 aliphatic heterocycles. The Kier molecular flexibility index (Phi) is 15.4. The van der Waals surface area contributed by atoms with E-state index >= 15 is 0 Å². The lowest BCUT2D eigenvalue weighted by Crippen LogP contribution is -2.44. The number of nitrogens with zero attached hydrogens (tertiary/aromatic N) is 3. The molecule has 11 nitrogen and oxygen atoms in total. The molecule has 1 atom stereocenters. The van der Waals surface area contributed by atoms with E-state index in [9.17, 15) is 24.0 Å². The first kappa shape index (κ1) is 37.6. The number of hydrogen-bond acceptors (Lipinski definition) is 12. The molecule has 2 aromatic rings. The maximum absolute atomic E-state index is 12.6. The second kappa shape index (κ2) is 17.6. The minimum absolute atomic E-state index is 0.0426. The molecule has 0 spiro atoms. The number of ether oxygens (including phenoxy) is 3. The van der Waals surface area contributed by atoms with Crippen molar-refractivity contribution in [2.24, 2.45) is 11.8 Å². The van der Waals surface area contributed by atoms with E-state index in [1.807, 2.05) is 27.7 Å². The van der Waals surface area contributed by atoms with Crippen LogP contribution in [0.15, 0.2) is 22.9 Å². The maximum atomic E-state index is 12.6. The first-order valence-electron chi connectivity index (χ1n) is 14.0. The van der Waals surface area contributed by atoms with Crippen molar-refractivity contribution >= 4 is 52.3 Å². The van der Waals surface area contributed by atoms with Crippen LogP contribution in [0.4, 0.5) is 4.79 Å². The number of allylic oxidation sites excluding steroid dienone is 2. The number of Topliss-reactive ketones (excluding diaryl/α,β-unsaturated/α-hetero) is 1. The van der Waals surface area contributed by atoms with Crippen LogP contribution in [0.3, 0.4) is 0 Å². The topological polar surface area (TPSA) is 142 Å². The van der Waals surface area contributed by atoms with Crippen molar-refractivity contribution in [1.29, 1.82) is 0 Å². The largest absolute Gasteiger partial charge is 0.461 e. The van der Waals surface area contributed by atoms with Crippen LogP contribution in [-0.4, -0.2) is 76.4 Å². The number of hydrogen-bond donors (Lipinski definition) is 0. The fourth-order valence-electron chi connectivity index (χ4n) is 3.30. The molecule has 2 heterocycles. The number of carbonyl (C=O) groups is 5. The van der Waals surface area contributed by atoms with Gasteiger partial charge in [0.05, 0.1) is 13.2 Å². The lowest BCUT2D eigenvalue weighted by Gasteiger charge is -2.32. The molecule has 0 bridgehead atoms. The van der Waals surface area contributed by atoms with E-state index < -0.39 is 23.6 Å². The van der Waals surface area contributed by atoms with E-state index in [1.54, 1.807) is 47.7 Å². The van der Waals surface area contributed by atoms with Crippen molar-refractivity contribution in [1.82, 2.24) is 14.9 Å². The summed E-state index contributed by atoms with van der Waals surface area (Å²) in [4.78, 5) is 69.0. The summed E-state index contributed by atoms with van der Waals surface area (Å²) in [6.07, 6.45) is 2.91. The van der Waals surface area contributed by atoms with Gasteiger partial charge < -0.3 is 19.1 Å². The summed E-state index contributed by atoms with van der Waals surface area (Å²) < 4.78 is 15.1. The summed E-state index contributed by atoms with van der Waals surface area (Å²) in [5.41, 5.74) is -0.291. The zero-order valence-corrected chi connectivity index (χ0v) is 28.2. The smallest absolute Gasteiger partial charge is 0.410 e. The Balaban J connectivity index is 0.000000469. The molecule has 13 heteroatoms. The number of amides is 1. The van der Waals surface area contributed by atoms with Crippen LogP contribution < -0.4 is 0 Å². The number of esters is 2. The molecule has 0 aromatic carbocycles.